The maximum Gasteiger partial charge on any atom is 0.264 e. The summed E-state index contributed by atoms with van der Waals surface area (Å²) in [5.74, 6) is -0.825. The minimum atomic E-state index is -4.13. The summed E-state index contributed by atoms with van der Waals surface area (Å²) in [7, 11) is -4.13. The average molecular weight is 635 g/mol. The van der Waals surface area contributed by atoms with Crippen LogP contribution in [-0.4, -0.2) is 43.8 Å². The first-order chi connectivity index (χ1) is 18.4. The third-order valence-electron chi connectivity index (χ3n) is 6.47. The van der Waals surface area contributed by atoms with Gasteiger partial charge in [0.25, 0.3) is 10.0 Å². The summed E-state index contributed by atoms with van der Waals surface area (Å²) in [6.45, 7) is 6.86. The number of aryl methyl sites for hydroxylation is 1. The van der Waals surface area contributed by atoms with E-state index in [1.165, 1.54) is 17.0 Å². The van der Waals surface area contributed by atoms with Gasteiger partial charge in [0.15, 0.2) is 0 Å². The highest BCUT2D eigenvalue weighted by Gasteiger charge is 2.33. The highest BCUT2D eigenvalue weighted by molar-refractivity contribution is 9.10. The molecule has 0 fully saturated rings. The number of sulfonamides is 1. The molecule has 0 saturated heterocycles. The molecule has 7 nitrogen and oxygen atoms in total. The van der Waals surface area contributed by atoms with Crippen LogP contribution in [0.3, 0.4) is 0 Å². The molecule has 2 unspecified atom stereocenters. The fourth-order valence-electron chi connectivity index (χ4n) is 3.97. The highest BCUT2D eigenvalue weighted by atomic mass is 79.9. The van der Waals surface area contributed by atoms with Crippen molar-refractivity contribution in [2.75, 3.05) is 10.8 Å². The Bertz CT molecular complexity index is 1400. The van der Waals surface area contributed by atoms with Crippen LogP contribution in [0.4, 0.5) is 5.69 Å². The van der Waals surface area contributed by atoms with E-state index >= 15 is 0 Å². The summed E-state index contributed by atoms with van der Waals surface area (Å²) in [6, 6.07) is 19.3. The Balaban J connectivity index is 2.04. The Morgan fingerprint density at radius 3 is 2.23 bits per heavy atom. The van der Waals surface area contributed by atoms with Crippen LogP contribution in [0.5, 0.6) is 0 Å². The molecule has 0 spiro atoms. The maximum atomic E-state index is 14.0. The molecule has 3 aromatic carbocycles. The van der Waals surface area contributed by atoms with Crippen molar-refractivity contribution in [3.05, 3.63) is 93.4 Å². The number of halogens is 2. The lowest BCUT2D eigenvalue weighted by molar-refractivity contribution is -0.139. The number of benzene rings is 3. The van der Waals surface area contributed by atoms with Gasteiger partial charge in [-0.05, 0) is 80.8 Å². The summed E-state index contributed by atoms with van der Waals surface area (Å²) in [5.41, 5.74) is 1.73. The number of nitrogens with zero attached hydrogens (tertiary/aromatic N) is 2. The van der Waals surface area contributed by atoms with Crippen LogP contribution in [0, 0.1) is 6.92 Å². The lowest BCUT2D eigenvalue weighted by Gasteiger charge is -2.33. The second-order valence-corrected chi connectivity index (χ2v) is 12.6. The maximum absolute atomic E-state index is 14.0. The van der Waals surface area contributed by atoms with Crippen LogP contribution in [0.2, 0.25) is 5.02 Å². The molecule has 0 aliphatic heterocycles. The van der Waals surface area contributed by atoms with Gasteiger partial charge >= 0.3 is 0 Å². The van der Waals surface area contributed by atoms with Crippen molar-refractivity contribution in [3.8, 4) is 0 Å². The fraction of sp³-hybridized carbons (Fsp3) is 0.310. The lowest BCUT2D eigenvalue weighted by Crippen LogP contribution is -2.52. The molecule has 0 heterocycles. The van der Waals surface area contributed by atoms with Crippen molar-refractivity contribution < 1.29 is 18.0 Å². The van der Waals surface area contributed by atoms with Gasteiger partial charge in [0, 0.05) is 22.1 Å². The van der Waals surface area contributed by atoms with Gasteiger partial charge in [-0.25, -0.2) is 8.42 Å². The third kappa shape index (κ3) is 7.84. The molecule has 2 atom stereocenters. The number of rotatable bonds is 11. The molecule has 2 amide bonds. The second-order valence-electron chi connectivity index (χ2n) is 9.40. The van der Waals surface area contributed by atoms with E-state index < -0.39 is 28.5 Å². The topological polar surface area (TPSA) is 86.8 Å². The summed E-state index contributed by atoms with van der Waals surface area (Å²) in [5, 5.41) is 3.38. The van der Waals surface area contributed by atoms with Gasteiger partial charge < -0.3 is 10.2 Å². The van der Waals surface area contributed by atoms with E-state index in [1.54, 1.807) is 50.2 Å². The van der Waals surface area contributed by atoms with Gasteiger partial charge in [-0.2, -0.15) is 0 Å². The Morgan fingerprint density at radius 1 is 1.00 bits per heavy atom. The number of carbonyl (C=O) groups is 2. The van der Waals surface area contributed by atoms with Gasteiger partial charge in [-0.15, -0.1) is 0 Å². The van der Waals surface area contributed by atoms with Crippen molar-refractivity contribution >= 4 is 55.1 Å². The normalized spacial score (nSPS) is 12.9. The zero-order valence-electron chi connectivity index (χ0n) is 22.4. The molecular weight excluding hydrogens is 602 g/mol. The number of carbonyl (C=O) groups excluding carboxylic acids is 2. The van der Waals surface area contributed by atoms with Crippen molar-refractivity contribution in [2.24, 2.45) is 0 Å². The summed E-state index contributed by atoms with van der Waals surface area (Å²) < 4.78 is 29.7. The standard InChI is InChI=1S/C29H33BrClN3O4S/c1-5-21(3)32-29(36)22(4)33(18-23-11-13-24(30)14-12-23)28(35)19-34(27-16-15-25(31)17-20(27)2)39(37,38)26-9-7-6-8-10-26/h6-17,21-22H,5,18-19H2,1-4H3,(H,32,36). The highest BCUT2D eigenvalue weighted by Crippen LogP contribution is 2.29. The zero-order valence-corrected chi connectivity index (χ0v) is 25.6. The first-order valence-corrected chi connectivity index (χ1v) is 15.2. The lowest BCUT2D eigenvalue weighted by atomic mass is 10.1. The molecule has 0 aliphatic carbocycles. The molecule has 208 valence electrons. The van der Waals surface area contributed by atoms with Crippen LogP contribution in [0.15, 0.2) is 82.2 Å². The van der Waals surface area contributed by atoms with Gasteiger partial charge in [0.1, 0.15) is 12.6 Å². The van der Waals surface area contributed by atoms with Crippen LogP contribution in [-0.2, 0) is 26.2 Å². The predicted octanol–water partition coefficient (Wildman–Crippen LogP) is 5.94. The molecule has 0 bridgehead atoms. The molecular formula is C29H33BrClN3O4S. The third-order valence-corrected chi connectivity index (χ3v) is 9.01. The fourth-order valence-corrected chi connectivity index (χ4v) is 5.96. The van der Waals surface area contributed by atoms with Crippen molar-refractivity contribution in [1.82, 2.24) is 10.2 Å². The Kier molecular flexibility index (Phi) is 10.6. The van der Waals surface area contributed by atoms with E-state index in [2.05, 4.69) is 21.2 Å². The van der Waals surface area contributed by atoms with E-state index in [0.29, 0.717) is 16.3 Å². The van der Waals surface area contributed by atoms with Gasteiger partial charge in [-0.3, -0.25) is 13.9 Å². The zero-order chi connectivity index (χ0) is 28.7. The number of nitrogens with one attached hydrogen (secondary N) is 1. The largest absolute Gasteiger partial charge is 0.352 e. The molecule has 0 radical (unpaired) electrons. The summed E-state index contributed by atoms with van der Waals surface area (Å²) in [4.78, 5) is 28.5. The monoisotopic (exact) mass is 633 g/mol. The molecule has 0 aromatic heterocycles. The number of anilines is 1. The van der Waals surface area contributed by atoms with E-state index in [0.717, 1.165) is 20.8 Å². The van der Waals surface area contributed by atoms with Crippen molar-refractivity contribution in [1.29, 1.82) is 0 Å². The SMILES string of the molecule is CCC(C)NC(=O)C(C)N(Cc1ccc(Br)cc1)C(=O)CN(c1ccc(Cl)cc1C)S(=O)(=O)c1ccccc1. The molecule has 1 N–H and O–H groups in total. The minimum Gasteiger partial charge on any atom is -0.352 e. The van der Waals surface area contributed by atoms with Gasteiger partial charge in [0.2, 0.25) is 11.8 Å². The van der Waals surface area contributed by atoms with E-state index in [-0.39, 0.29) is 23.4 Å². The van der Waals surface area contributed by atoms with Crippen LogP contribution in [0.1, 0.15) is 38.3 Å². The second kappa shape index (κ2) is 13.5. The number of hydrogen-bond donors (Lipinski definition) is 1. The number of amides is 2. The molecule has 3 rings (SSSR count). The molecule has 39 heavy (non-hydrogen) atoms. The first-order valence-electron chi connectivity index (χ1n) is 12.6. The Hall–Kier alpha value is -2.88. The predicted molar refractivity (Wildman–Crippen MR) is 159 cm³/mol. The smallest absolute Gasteiger partial charge is 0.264 e. The first kappa shape index (κ1) is 30.7. The Labute approximate surface area is 244 Å². The van der Waals surface area contributed by atoms with Gasteiger partial charge in [-0.1, -0.05) is 64.8 Å². The van der Waals surface area contributed by atoms with Crippen LogP contribution >= 0.6 is 27.5 Å². The van der Waals surface area contributed by atoms with Crippen molar-refractivity contribution in [3.63, 3.8) is 0 Å². The average Bonchev–Trinajstić information content (AvgIpc) is 2.91. The van der Waals surface area contributed by atoms with Crippen LogP contribution < -0.4 is 9.62 Å². The summed E-state index contributed by atoms with van der Waals surface area (Å²) in [6.07, 6.45) is 0.734. The molecule has 0 aliphatic rings. The van der Waals surface area contributed by atoms with E-state index in [1.807, 2.05) is 38.1 Å². The van der Waals surface area contributed by atoms with E-state index in [4.69, 9.17) is 11.6 Å². The number of hydrogen-bond acceptors (Lipinski definition) is 4. The van der Waals surface area contributed by atoms with E-state index in [9.17, 15) is 18.0 Å². The van der Waals surface area contributed by atoms with Gasteiger partial charge in [0.05, 0.1) is 10.6 Å². The summed E-state index contributed by atoms with van der Waals surface area (Å²) >= 11 is 9.56. The minimum absolute atomic E-state index is 0.0502. The Morgan fingerprint density at radius 2 is 1.64 bits per heavy atom. The van der Waals surface area contributed by atoms with Crippen molar-refractivity contribution in [2.45, 2.75) is 57.6 Å². The molecule has 10 heteroatoms. The van der Waals surface area contributed by atoms with Crippen LogP contribution in [0.25, 0.3) is 0 Å². The molecule has 0 saturated carbocycles. The quantitative estimate of drug-likeness (QED) is 0.283. The molecule has 3 aromatic rings.